The highest BCUT2D eigenvalue weighted by molar-refractivity contribution is 5.89. The molecule has 0 saturated carbocycles. The number of allylic oxidation sites excluding steroid dienone is 1. The second kappa shape index (κ2) is 3.57. The molecule has 1 heterocycles. The van der Waals surface area contributed by atoms with Crippen molar-refractivity contribution in [3.63, 3.8) is 0 Å². The Bertz CT molecular complexity index is 228. The molecule has 0 bridgehead atoms. The van der Waals surface area contributed by atoms with Crippen LogP contribution in [0, 0.1) is 5.92 Å². The van der Waals surface area contributed by atoms with Gasteiger partial charge in [-0.1, -0.05) is 25.7 Å². The van der Waals surface area contributed by atoms with E-state index in [0.29, 0.717) is 5.92 Å². The Balaban J connectivity index is 2.74. The van der Waals surface area contributed by atoms with Gasteiger partial charge in [0.1, 0.15) is 6.10 Å². The molecule has 0 aliphatic carbocycles. The Morgan fingerprint density at radius 3 is 2.83 bits per heavy atom. The van der Waals surface area contributed by atoms with Crippen LogP contribution in [0.2, 0.25) is 0 Å². The lowest BCUT2D eigenvalue weighted by Crippen LogP contribution is -2.30. The van der Waals surface area contributed by atoms with Crippen molar-refractivity contribution in [3.8, 4) is 0 Å². The molecule has 66 valence electrons. The number of carbonyl (C=O) groups is 1. The van der Waals surface area contributed by atoms with Crippen molar-refractivity contribution in [2.75, 3.05) is 0 Å². The minimum atomic E-state index is -0.194. The minimum absolute atomic E-state index is 0.110. The van der Waals surface area contributed by atoms with Crippen molar-refractivity contribution in [1.82, 2.24) is 0 Å². The lowest BCUT2D eigenvalue weighted by molar-refractivity contribution is -0.147. The molecule has 0 amide bonds. The van der Waals surface area contributed by atoms with Crippen LogP contribution in [0.5, 0.6) is 0 Å². The summed E-state index contributed by atoms with van der Waals surface area (Å²) < 4.78 is 5.13. The molecule has 0 radical (unpaired) electrons. The predicted octanol–water partition coefficient (Wildman–Crippen LogP) is 2.07. The molecule has 2 unspecified atom stereocenters. The highest BCUT2D eigenvalue weighted by Crippen LogP contribution is 2.25. The van der Waals surface area contributed by atoms with Gasteiger partial charge in [0.25, 0.3) is 0 Å². The van der Waals surface area contributed by atoms with Crippen molar-refractivity contribution in [3.05, 3.63) is 24.3 Å². The standard InChI is InChI=1S/C10H14O2/c1-4-8-6-7(3)9(5-2)12-10(8)11/h4-5,7,9H,2,6H2,1,3H3/b8-4+. The van der Waals surface area contributed by atoms with Gasteiger partial charge in [-0.05, 0) is 13.3 Å². The van der Waals surface area contributed by atoms with Crippen LogP contribution in [0.1, 0.15) is 20.3 Å². The molecule has 0 spiro atoms. The van der Waals surface area contributed by atoms with Gasteiger partial charge in [0.15, 0.2) is 0 Å². The largest absolute Gasteiger partial charge is 0.454 e. The molecule has 2 heteroatoms. The fourth-order valence-electron chi connectivity index (χ4n) is 1.38. The fourth-order valence-corrected chi connectivity index (χ4v) is 1.38. The van der Waals surface area contributed by atoms with Gasteiger partial charge in [-0.25, -0.2) is 4.79 Å². The first kappa shape index (κ1) is 9.04. The smallest absolute Gasteiger partial charge is 0.334 e. The number of hydrogen-bond donors (Lipinski definition) is 0. The number of cyclic esters (lactones) is 1. The topological polar surface area (TPSA) is 26.3 Å². The molecule has 1 fully saturated rings. The van der Waals surface area contributed by atoms with Crippen LogP contribution in [0.4, 0.5) is 0 Å². The maximum Gasteiger partial charge on any atom is 0.334 e. The van der Waals surface area contributed by atoms with E-state index in [1.807, 2.05) is 13.0 Å². The highest BCUT2D eigenvalue weighted by atomic mass is 16.5. The third-order valence-corrected chi connectivity index (χ3v) is 2.19. The molecule has 0 aromatic heterocycles. The summed E-state index contributed by atoms with van der Waals surface area (Å²) in [5, 5.41) is 0. The monoisotopic (exact) mass is 166 g/mol. The summed E-state index contributed by atoms with van der Waals surface area (Å²) in [5.41, 5.74) is 0.778. The molecule has 0 aromatic carbocycles. The normalized spacial score (nSPS) is 33.2. The quantitative estimate of drug-likeness (QED) is 0.338. The fraction of sp³-hybridized carbons (Fsp3) is 0.500. The van der Waals surface area contributed by atoms with E-state index in [-0.39, 0.29) is 12.1 Å². The van der Waals surface area contributed by atoms with Gasteiger partial charge in [0.2, 0.25) is 0 Å². The van der Waals surface area contributed by atoms with E-state index in [2.05, 4.69) is 13.5 Å². The molecule has 1 saturated heterocycles. The van der Waals surface area contributed by atoms with E-state index >= 15 is 0 Å². The number of carbonyl (C=O) groups excluding carboxylic acids is 1. The van der Waals surface area contributed by atoms with Crippen molar-refractivity contribution in [2.24, 2.45) is 5.92 Å². The van der Waals surface area contributed by atoms with Crippen LogP contribution < -0.4 is 0 Å². The number of rotatable bonds is 1. The molecule has 0 aromatic rings. The zero-order valence-electron chi connectivity index (χ0n) is 7.54. The van der Waals surface area contributed by atoms with Crippen molar-refractivity contribution in [2.45, 2.75) is 26.4 Å². The molecule has 2 nitrogen and oxygen atoms in total. The van der Waals surface area contributed by atoms with E-state index in [1.165, 1.54) is 0 Å². The number of esters is 1. The van der Waals surface area contributed by atoms with E-state index in [9.17, 15) is 4.79 Å². The van der Waals surface area contributed by atoms with E-state index < -0.39 is 0 Å². The first-order valence-electron chi connectivity index (χ1n) is 4.17. The molecule has 2 atom stereocenters. The van der Waals surface area contributed by atoms with Gasteiger partial charge in [0, 0.05) is 11.5 Å². The van der Waals surface area contributed by atoms with Gasteiger partial charge >= 0.3 is 5.97 Å². The second-order valence-electron chi connectivity index (χ2n) is 3.10. The molecular weight excluding hydrogens is 152 g/mol. The van der Waals surface area contributed by atoms with Crippen LogP contribution in [0.15, 0.2) is 24.3 Å². The molecule has 12 heavy (non-hydrogen) atoms. The van der Waals surface area contributed by atoms with Crippen molar-refractivity contribution in [1.29, 1.82) is 0 Å². The van der Waals surface area contributed by atoms with E-state index in [1.54, 1.807) is 6.08 Å². The minimum Gasteiger partial charge on any atom is -0.454 e. The predicted molar refractivity (Wildman–Crippen MR) is 47.6 cm³/mol. The zero-order valence-corrected chi connectivity index (χ0v) is 7.54. The number of ether oxygens (including phenoxy) is 1. The van der Waals surface area contributed by atoms with Crippen LogP contribution in [0.3, 0.4) is 0 Å². The van der Waals surface area contributed by atoms with Gasteiger partial charge < -0.3 is 4.74 Å². The molecule has 0 N–H and O–H groups in total. The van der Waals surface area contributed by atoms with Crippen LogP contribution >= 0.6 is 0 Å². The summed E-state index contributed by atoms with van der Waals surface area (Å²) in [6, 6.07) is 0. The summed E-state index contributed by atoms with van der Waals surface area (Å²) >= 11 is 0. The average Bonchev–Trinajstić information content (AvgIpc) is 2.08. The lowest BCUT2D eigenvalue weighted by Gasteiger charge is -2.27. The van der Waals surface area contributed by atoms with Gasteiger partial charge in [-0.15, -0.1) is 0 Å². The second-order valence-corrected chi connectivity index (χ2v) is 3.10. The maximum atomic E-state index is 11.2. The van der Waals surface area contributed by atoms with Crippen LogP contribution in [0.25, 0.3) is 0 Å². The summed E-state index contributed by atoms with van der Waals surface area (Å²) in [6.07, 6.45) is 4.19. The molecule has 1 rings (SSSR count). The SMILES string of the molecule is C=CC1OC(=O)/C(=C/C)CC1C. The van der Waals surface area contributed by atoms with E-state index in [0.717, 1.165) is 12.0 Å². The molecule has 1 aliphatic rings. The third-order valence-electron chi connectivity index (χ3n) is 2.19. The van der Waals surface area contributed by atoms with Gasteiger partial charge in [0.05, 0.1) is 0 Å². The molecule has 1 aliphatic heterocycles. The summed E-state index contributed by atoms with van der Waals surface area (Å²) in [5.74, 6) is 0.159. The molecular formula is C10H14O2. The average molecular weight is 166 g/mol. The van der Waals surface area contributed by atoms with Crippen molar-refractivity contribution >= 4 is 5.97 Å². The lowest BCUT2D eigenvalue weighted by atomic mass is 9.93. The Hall–Kier alpha value is -1.05. The van der Waals surface area contributed by atoms with Gasteiger partial charge in [-0.2, -0.15) is 0 Å². The van der Waals surface area contributed by atoms with Crippen molar-refractivity contribution < 1.29 is 9.53 Å². The summed E-state index contributed by atoms with van der Waals surface area (Å²) in [4.78, 5) is 11.2. The highest BCUT2D eigenvalue weighted by Gasteiger charge is 2.28. The van der Waals surface area contributed by atoms with Crippen LogP contribution in [-0.4, -0.2) is 12.1 Å². The third kappa shape index (κ3) is 1.58. The van der Waals surface area contributed by atoms with Crippen LogP contribution in [-0.2, 0) is 9.53 Å². The van der Waals surface area contributed by atoms with Gasteiger partial charge in [-0.3, -0.25) is 0 Å². The Morgan fingerprint density at radius 1 is 1.67 bits per heavy atom. The zero-order chi connectivity index (χ0) is 9.14. The summed E-state index contributed by atoms with van der Waals surface area (Å²) in [7, 11) is 0. The first-order chi connectivity index (χ1) is 5.69. The Labute approximate surface area is 72.9 Å². The Morgan fingerprint density at radius 2 is 2.33 bits per heavy atom. The first-order valence-corrected chi connectivity index (χ1v) is 4.17. The Kier molecular flexibility index (Phi) is 2.69. The van der Waals surface area contributed by atoms with E-state index in [4.69, 9.17) is 4.74 Å². The number of hydrogen-bond acceptors (Lipinski definition) is 2. The summed E-state index contributed by atoms with van der Waals surface area (Å²) in [6.45, 7) is 7.54. The maximum absolute atomic E-state index is 11.2.